The Bertz CT molecular complexity index is 2230. The third-order valence-electron chi connectivity index (χ3n) is 9.86. The van der Waals surface area contributed by atoms with E-state index in [9.17, 15) is 0 Å². The Hall–Kier alpha value is -6.56. The molecule has 0 fully saturated rings. The van der Waals surface area contributed by atoms with Crippen LogP contribution in [0.2, 0.25) is 0 Å². The molecule has 9 rings (SSSR count). The molecule has 0 atom stereocenters. The van der Waals surface area contributed by atoms with Crippen molar-refractivity contribution in [1.82, 2.24) is 9.97 Å². The number of hydrogen-bond acceptors (Lipinski definition) is 4. The van der Waals surface area contributed by atoms with Crippen LogP contribution in [0.4, 0.5) is 22.7 Å². The zero-order chi connectivity index (χ0) is 34.0. The molecular formula is C46H34N4Si. The average Bonchev–Trinajstić information content (AvgIpc) is 3.34. The monoisotopic (exact) mass is 670 g/mol. The van der Waals surface area contributed by atoms with E-state index in [1.807, 2.05) is 24.8 Å². The van der Waals surface area contributed by atoms with Crippen molar-refractivity contribution < 1.29 is 0 Å². The Kier molecular flexibility index (Phi) is 7.80. The van der Waals surface area contributed by atoms with Gasteiger partial charge in [-0.2, -0.15) is 0 Å². The number of nitrogens with zero attached hydrogens (tertiary/aromatic N) is 4. The maximum Gasteiger partial charge on any atom is 0.340 e. The van der Waals surface area contributed by atoms with E-state index >= 15 is 0 Å². The highest BCUT2D eigenvalue weighted by atomic mass is 28.3. The highest BCUT2D eigenvalue weighted by Gasteiger charge is 2.54. The van der Waals surface area contributed by atoms with Crippen LogP contribution >= 0.6 is 0 Å². The maximum absolute atomic E-state index is 4.49. The highest BCUT2D eigenvalue weighted by molar-refractivity contribution is 7.09. The SMILES string of the molecule is c1ccc(-c2ccc([Si]3(c4ccc(-c5ccccc5)cc4)N(c4ccncc4)c4ccccc4-c4ccccc4N3c3ccncc3)cc2)cc1. The quantitative estimate of drug-likeness (QED) is 0.165. The van der Waals surface area contributed by atoms with Gasteiger partial charge in [-0.3, -0.25) is 9.97 Å². The summed E-state index contributed by atoms with van der Waals surface area (Å²) in [5.41, 5.74) is 11.6. The molecular weight excluding hydrogens is 637 g/mol. The summed E-state index contributed by atoms with van der Waals surface area (Å²) in [7, 11) is -3.36. The Morgan fingerprint density at radius 3 is 1.04 bits per heavy atom. The van der Waals surface area contributed by atoms with Gasteiger partial charge in [0, 0.05) is 58.7 Å². The van der Waals surface area contributed by atoms with Gasteiger partial charge in [0.2, 0.25) is 0 Å². The Morgan fingerprint density at radius 2 is 0.647 bits per heavy atom. The van der Waals surface area contributed by atoms with Gasteiger partial charge in [0.05, 0.1) is 0 Å². The van der Waals surface area contributed by atoms with E-state index < -0.39 is 8.40 Å². The molecule has 0 aliphatic carbocycles. The van der Waals surface area contributed by atoms with E-state index in [1.165, 1.54) is 43.8 Å². The lowest BCUT2D eigenvalue weighted by Crippen LogP contribution is -2.78. The molecule has 0 saturated carbocycles. The molecule has 5 heteroatoms. The predicted molar refractivity (Wildman–Crippen MR) is 213 cm³/mol. The van der Waals surface area contributed by atoms with Gasteiger partial charge >= 0.3 is 8.40 Å². The number of rotatable bonds is 6. The number of aromatic nitrogens is 2. The molecule has 6 aromatic carbocycles. The summed E-state index contributed by atoms with van der Waals surface area (Å²) in [6, 6.07) is 66.1. The molecule has 0 bridgehead atoms. The lowest BCUT2D eigenvalue weighted by molar-refractivity contribution is 1.23. The van der Waals surface area contributed by atoms with Gasteiger partial charge in [0.1, 0.15) is 0 Å². The third-order valence-corrected chi connectivity index (χ3v) is 14.4. The first-order valence-corrected chi connectivity index (χ1v) is 19.1. The molecule has 8 aromatic rings. The van der Waals surface area contributed by atoms with Crippen LogP contribution in [-0.2, 0) is 0 Å². The van der Waals surface area contributed by atoms with E-state index in [4.69, 9.17) is 0 Å². The van der Waals surface area contributed by atoms with Crippen LogP contribution in [0.1, 0.15) is 0 Å². The van der Waals surface area contributed by atoms with Gasteiger partial charge in [0.25, 0.3) is 0 Å². The molecule has 0 amide bonds. The van der Waals surface area contributed by atoms with Crippen LogP contribution in [0.15, 0.2) is 207 Å². The van der Waals surface area contributed by atoms with E-state index in [2.05, 4.69) is 201 Å². The lowest BCUT2D eigenvalue weighted by Gasteiger charge is -2.50. The van der Waals surface area contributed by atoms with Gasteiger partial charge < -0.3 is 9.13 Å². The van der Waals surface area contributed by atoms with Gasteiger partial charge in [-0.15, -0.1) is 0 Å². The number of benzene rings is 6. The molecule has 0 radical (unpaired) electrons. The van der Waals surface area contributed by atoms with Gasteiger partial charge in [-0.1, -0.05) is 146 Å². The fourth-order valence-electron chi connectivity index (χ4n) is 7.61. The van der Waals surface area contributed by atoms with E-state index in [-0.39, 0.29) is 0 Å². The molecule has 0 saturated heterocycles. The largest absolute Gasteiger partial charge is 0.342 e. The summed E-state index contributed by atoms with van der Waals surface area (Å²) >= 11 is 0. The van der Waals surface area contributed by atoms with Gasteiger partial charge in [-0.25, -0.2) is 0 Å². The lowest BCUT2D eigenvalue weighted by atomic mass is 10.0. The minimum atomic E-state index is -3.36. The first-order valence-electron chi connectivity index (χ1n) is 17.2. The second kappa shape index (κ2) is 13.0. The fourth-order valence-corrected chi connectivity index (χ4v) is 12.6. The molecule has 3 heterocycles. The van der Waals surface area contributed by atoms with Crippen LogP contribution in [-0.4, -0.2) is 18.4 Å². The Labute approximate surface area is 299 Å². The molecule has 0 N–H and O–H groups in total. The van der Waals surface area contributed by atoms with Crippen molar-refractivity contribution >= 4 is 41.5 Å². The smallest absolute Gasteiger partial charge is 0.340 e. The predicted octanol–water partition coefficient (Wildman–Crippen LogP) is 10.0. The van der Waals surface area contributed by atoms with E-state index in [0.717, 1.165) is 22.7 Å². The summed E-state index contributed by atoms with van der Waals surface area (Å²) in [5, 5.41) is 2.49. The highest BCUT2D eigenvalue weighted by Crippen LogP contribution is 2.49. The van der Waals surface area contributed by atoms with Crippen molar-refractivity contribution in [1.29, 1.82) is 0 Å². The minimum Gasteiger partial charge on any atom is -0.342 e. The number of fused-ring (bicyclic) bond motifs is 3. The number of pyridine rings is 2. The van der Waals surface area contributed by atoms with Gasteiger partial charge in [-0.05, 0) is 69.0 Å². The normalized spacial score (nSPS) is 13.2. The standard InChI is InChI=1S/C46H34N4Si/c1-3-11-35(12-4-1)37-19-23-41(24-20-37)51(42-25-21-38(22-26-42)36-13-5-2-6-14-36)49(39-27-31-47-32-28-39)45-17-9-7-15-43(45)44-16-8-10-18-46(44)50(51)40-29-33-48-34-30-40/h1-34H. The van der Waals surface area contributed by atoms with Gasteiger partial charge in [0.15, 0.2) is 0 Å². The second-order valence-electron chi connectivity index (χ2n) is 12.7. The van der Waals surface area contributed by atoms with E-state index in [1.54, 1.807) is 0 Å². The molecule has 242 valence electrons. The third kappa shape index (κ3) is 5.23. The molecule has 0 unspecified atom stereocenters. The van der Waals surface area contributed by atoms with Crippen LogP contribution in [0.25, 0.3) is 33.4 Å². The van der Waals surface area contributed by atoms with Crippen molar-refractivity contribution in [3.05, 3.63) is 207 Å². The summed E-state index contributed by atoms with van der Waals surface area (Å²) in [5.74, 6) is 0. The van der Waals surface area contributed by atoms with Crippen molar-refractivity contribution in [2.24, 2.45) is 0 Å². The second-order valence-corrected chi connectivity index (χ2v) is 16.1. The number of para-hydroxylation sites is 2. The number of hydrogen-bond donors (Lipinski definition) is 0. The molecule has 51 heavy (non-hydrogen) atoms. The van der Waals surface area contributed by atoms with E-state index in [0.29, 0.717) is 0 Å². The first-order chi connectivity index (χ1) is 25.3. The van der Waals surface area contributed by atoms with Crippen LogP contribution in [0.5, 0.6) is 0 Å². The molecule has 4 nitrogen and oxygen atoms in total. The van der Waals surface area contributed by atoms with Crippen LogP contribution < -0.4 is 19.5 Å². The van der Waals surface area contributed by atoms with Crippen LogP contribution in [0.3, 0.4) is 0 Å². The molecule has 1 aliphatic heterocycles. The maximum atomic E-state index is 4.49. The summed E-state index contributed by atoms with van der Waals surface area (Å²) in [6.45, 7) is 0. The molecule has 2 aromatic heterocycles. The Morgan fingerprint density at radius 1 is 0.314 bits per heavy atom. The molecule has 0 spiro atoms. The summed E-state index contributed by atoms with van der Waals surface area (Å²) in [4.78, 5) is 8.97. The van der Waals surface area contributed by atoms with Crippen molar-refractivity contribution in [3.63, 3.8) is 0 Å². The molecule has 1 aliphatic rings. The topological polar surface area (TPSA) is 32.3 Å². The van der Waals surface area contributed by atoms with Crippen LogP contribution in [0, 0.1) is 0 Å². The number of anilines is 4. The summed E-state index contributed by atoms with van der Waals surface area (Å²) < 4.78 is 5.28. The fraction of sp³-hybridized carbons (Fsp3) is 0. The van der Waals surface area contributed by atoms with Crippen molar-refractivity contribution in [3.8, 4) is 33.4 Å². The van der Waals surface area contributed by atoms with Crippen molar-refractivity contribution in [2.75, 3.05) is 9.13 Å². The Balaban J connectivity index is 1.43. The van der Waals surface area contributed by atoms with Crippen molar-refractivity contribution in [2.45, 2.75) is 0 Å². The zero-order valence-electron chi connectivity index (χ0n) is 27.9. The average molecular weight is 671 g/mol. The first kappa shape index (κ1) is 30.5. The zero-order valence-corrected chi connectivity index (χ0v) is 28.9. The summed E-state index contributed by atoms with van der Waals surface area (Å²) in [6.07, 6.45) is 7.62. The minimum absolute atomic E-state index is 1.08.